The van der Waals surface area contributed by atoms with E-state index < -0.39 is 5.60 Å². The fraction of sp³-hybridized carbons (Fsp3) is 0.481. The molecule has 2 aromatic carbocycles. The monoisotopic (exact) mass is 456 g/mol. The van der Waals surface area contributed by atoms with Crippen LogP contribution in [0.25, 0.3) is 6.08 Å². The molecule has 2 unspecified atom stereocenters. The lowest BCUT2D eigenvalue weighted by Crippen LogP contribution is -2.51. The number of halogens is 2. The summed E-state index contributed by atoms with van der Waals surface area (Å²) >= 11 is 6.08. The van der Waals surface area contributed by atoms with E-state index in [0.717, 1.165) is 69.5 Å². The van der Waals surface area contributed by atoms with E-state index in [1.54, 1.807) is 6.07 Å². The van der Waals surface area contributed by atoms with Crippen LogP contribution in [0.5, 0.6) is 0 Å². The van der Waals surface area contributed by atoms with Crippen LogP contribution in [0.4, 0.5) is 4.39 Å². The van der Waals surface area contributed by atoms with Gasteiger partial charge in [-0.2, -0.15) is 0 Å². The molecule has 172 valence electrons. The Labute approximate surface area is 196 Å². The second-order valence-corrected chi connectivity index (χ2v) is 9.90. The lowest BCUT2D eigenvalue weighted by atomic mass is 9.74. The number of rotatable bonds is 5. The van der Waals surface area contributed by atoms with Crippen LogP contribution in [-0.4, -0.2) is 60.3 Å². The molecule has 2 aromatic rings. The molecular formula is C27H34ClFN2O. The Hall–Kier alpha value is -1.72. The minimum Gasteiger partial charge on any atom is -0.385 e. The topological polar surface area (TPSA) is 26.7 Å². The van der Waals surface area contributed by atoms with Crippen LogP contribution in [0, 0.1) is 11.7 Å². The first-order valence-electron chi connectivity index (χ1n) is 11.8. The van der Waals surface area contributed by atoms with Gasteiger partial charge in [0.05, 0.1) is 5.60 Å². The normalized spacial score (nSPS) is 26.9. The summed E-state index contributed by atoms with van der Waals surface area (Å²) < 4.78 is 14.7. The van der Waals surface area contributed by atoms with E-state index in [-0.39, 0.29) is 11.7 Å². The molecule has 1 aliphatic carbocycles. The third-order valence-electron chi connectivity index (χ3n) is 7.18. The van der Waals surface area contributed by atoms with Gasteiger partial charge in [0.15, 0.2) is 0 Å². The van der Waals surface area contributed by atoms with E-state index in [1.807, 2.05) is 36.4 Å². The third-order valence-corrected chi connectivity index (χ3v) is 7.44. The van der Waals surface area contributed by atoms with Crippen molar-refractivity contribution in [2.45, 2.75) is 37.7 Å². The first-order chi connectivity index (χ1) is 15.4. The molecule has 0 bridgehead atoms. The maximum absolute atomic E-state index is 14.7. The summed E-state index contributed by atoms with van der Waals surface area (Å²) in [6, 6.07) is 14.6. The molecule has 3 nitrogen and oxygen atoms in total. The lowest BCUT2D eigenvalue weighted by Gasteiger charge is -2.42. The molecule has 1 N–H and O–H groups in total. The number of hydrogen-bond acceptors (Lipinski definition) is 3. The fourth-order valence-corrected chi connectivity index (χ4v) is 5.28. The second kappa shape index (κ2) is 10.5. The number of piperazine rings is 1. The summed E-state index contributed by atoms with van der Waals surface area (Å²) in [5.41, 5.74) is 1.54. The lowest BCUT2D eigenvalue weighted by molar-refractivity contribution is -0.00697. The maximum Gasteiger partial charge on any atom is 0.126 e. The molecule has 1 saturated heterocycles. The largest absolute Gasteiger partial charge is 0.385 e. The van der Waals surface area contributed by atoms with Crippen molar-refractivity contribution in [2.75, 3.05) is 39.8 Å². The summed E-state index contributed by atoms with van der Waals surface area (Å²) in [5, 5.41) is 13.0. The first-order valence-corrected chi connectivity index (χ1v) is 12.1. The molecule has 0 radical (unpaired) electrons. The zero-order valence-corrected chi connectivity index (χ0v) is 19.7. The Balaban J connectivity index is 1.69. The van der Waals surface area contributed by atoms with Crippen molar-refractivity contribution in [3.05, 3.63) is 76.1 Å². The van der Waals surface area contributed by atoms with Crippen molar-refractivity contribution >= 4 is 17.7 Å². The molecule has 4 rings (SSSR count). The molecule has 1 heterocycles. The van der Waals surface area contributed by atoms with Crippen LogP contribution < -0.4 is 0 Å². The van der Waals surface area contributed by atoms with Crippen molar-refractivity contribution in [3.8, 4) is 0 Å². The van der Waals surface area contributed by atoms with Crippen LogP contribution in [0.15, 0.2) is 54.1 Å². The third kappa shape index (κ3) is 5.60. The highest BCUT2D eigenvalue weighted by Crippen LogP contribution is 2.41. The van der Waals surface area contributed by atoms with Gasteiger partial charge in [-0.3, -0.25) is 0 Å². The molecular weight excluding hydrogens is 423 g/mol. The maximum atomic E-state index is 14.7. The molecule has 0 spiro atoms. The van der Waals surface area contributed by atoms with E-state index >= 15 is 0 Å². The minimum atomic E-state index is -1.08. The average Bonchev–Trinajstić information content (AvgIpc) is 2.92. The van der Waals surface area contributed by atoms with E-state index in [9.17, 15) is 9.50 Å². The summed E-state index contributed by atoms with van der Waals surface area (Å²) in [6.45, 7) is 4.96. The zero-order chi connectivity index (χ0) is 22.6. The molecule has 2 aliphatic rings. The van der Waals surface area contributed by atoms with Crippen LogP contribution >= 0.6 is 11.6 Å². The van der Waals surface area contributed by atoms with Crippen LogP contribution in [0.1, 0.15) is 36.8 Å². The van der Waals surface area contributed by atoms with Crippen LogP contribution in [0.3, 0.4) is 0 Å². The SMILES string of the molecule is CN1CCN(CC2CCCCC(=Cc3ccc(Cl)cc3)C2(O)Cc2ccccc2F)CC1. The zero-order valence-electron chi connectivity index (χ0n) is 18.9. The Morgan fingerprint density at radius 1 is 1.06 bits per heavy atom. The van der Waals surface area contributed by atoms with E-state index in [2.05, 4.69) is 22.9 Å². The quantitative estimate of drug-likeness (QED) is 0.620. The van der Waals surface area contributed by atoms with E-state index in [1.165, 1.54) is 6.07 Å². The van der Waals surface area contributed by atoms with Crippen molar-refractivity contribution < 1.29 is 9.50 Å². The molecule has 2 fully saturated rings. The molecule has 1 saturated carbocycles. The van der Waals surface area contributed by atoms with Crippen LogP contribution in [0.2, 0.25) is 5.02 Å². The predicted octanol–water partition coefficient (Wildman–Crippen LogP) is 5.27. The number of likely N-dealkylation sites (N-methyl/N-ethyl adjacent to an activating group) is 1. The number of hydrogen-bond donors (Lipinski definition) is 1. The second-order valence-electron chi connectivity index (χ2n) is 9.46. The van der Waals surface area contributed by atoms with Gasteiger partial charge in [0.2, 0.25) is 0 Å². The van der Waals surface area contributed by atoms with Crippen molar-refractivity contribution in [1.82, 2.24) is 9.80 Å². The fourth-order valence-electron chi connectivity index (χ4n) is 5.16. The Morgan fingerprint density at radius 2 is 1.78 bits per heavy atom. The van der Waals surface area contributed by atoms with Gasteiger partial charge in [-0.05, 0) is 61.2 Å². The van der Waals surface area contributed by atoms with E-state index in [4.69, 9.17) is 11.6 Å². The van der Waals surface area contributed by atoms with Crippen molar-refractivity contribution in [2.24, 2.45) is 5.92 Å². The van der Waals surface area contributed by atoms with Crippen molar-refractivity contribution in [3.63, 3.8) is 0 Å². The minimum absolute atomic E-state index is 0.0616. The highest BCUT2D eigenvalue weighted by molar-refractivity contribution is 6.30. The molecule has 5 heteroatoms. The van der Waals surface area contributed by atoms with Gasteiger partial charge in [-0.25, -0.2) is 4.39 Å². The van der Waals surface area contributed by atoms with Gasteiger partial charge in [-0.1, -0.05) is 54.4 Å². The van der Waals surface area contributed by atoms with Gasteiger partial charge in [-0.15, -0.1) is 0 Å². The smallest absolute Gasteiger partial charge is 0.126 e. The first kappa shape index (κ1) is 23.4. The average molecular weight is 457 g/mol. The summed E-state index contributed by atoms with van der Waals surface area (Å²) in [4.78, 5) is 4.82. The van der Waals surface area contributed by atoms with Gasteiger partial charge in [0, 0.05) is 50.1 Å². The summed E-state index contributed by atoms with van der Waals surface area (Å²) in [6.07, 6.45) is 6.31. The number of nitrogens with zero attached hydrogens (tertiary/aromatic N) is 2. The van der Waals surface area contributed by atoms with Gasteiger partial charge >= 0.3 is 0 Å². The Kier molecular flexibility index (Phi) is 7.67. The molecule has 0 amide bonds. The summed E-state index contributed by atoms with van der Waals surface area (Å²) in [5.74, 6) is -0.180. The van der Waals surface area contributed by atoms with Crippen molar-refractivity contribution in [1.29, 1.82) is 0 Å². The summed E-state index contributed by atoms with van der Waals surface area (Å²) in [7, 11) is 2.16. The molecule has 32 heavy (non-hydrogen) atoms. The molecule has 2 atom stereocenters. The highest BCUT2D eigenvalue weighted by atomic mass is 35.5. The Morgan fingerprint density at radius 3 is 2.50 bits per heavy atom. The molecule has 1 aliphatic heterocycles. The highest BCUT2D eigenvalue weighted by Gasteiger charge is 2.42. The van der Waals surface area contributed by atoms with Gasteiger partial charge < -0.3 is 14.9 Å². The van der Waals surface area contributed by atoms with Gasteiger partial charge in [0.25, 0.3) is 0 Å². The standard InChI is InChI=1S/C27H34ClFN2O/c1-30-14-16-31(17-15-30)20-24-8-4-3-7-23(18-21-10-12-25(28)13-11-21)27(24,32)19-22-6-2-5-9-26(22)29/h2,5-6,9-13,18,24,32H,3-4,7-8,14-17,19-20H2,1H3. The Bertz CT molecular complexity index is 924. The van der Waals surface area contributed by atoms with Gasteiger partial charge in [0.1, 0.15) is 5.82 Å². The predicted molar refractivity (Wildman–Crippen MR) is 130 cm³/mol. The van der Waals surface area contributed by atoms with Crippen LogP contribution in [-0.2, 0) is 6.42 Å². The number of aliphatic hydroxyl groups is 1. The molecule has 0 aromatic heterocycles. The van der Waals surface area contributed by atoms with E-state index in [0.29, 0.717) is 17.0 Å². The number of benzene rings is 2.